The monoisotopic (exact) mass is 392 g/mol. The van der Waals surface area contributed by atoms with Gasteiger partial charge in [-0.3, -0.25) is 14.9 Å². The van der Waals surface area contributed by atoms with Crippen molar-refractivity contribution >= 4 is 23.4 Å². The summed E-state index contributed by atoms with van der Waals surface area (Å²) in [5.41, 5.74) is 1.01. The Kier molecular flexibility index (Phi) is 6.32. The number of imide groups is 1. The molecule has 0 fully saturated rings. The van der Waals surface area contributed by atoms with Crippen LogP contribution in [0.1, 0.15) is 15.9 Å². The maximum absolute atomic E-state index is 13.5. The fourth-order valence-corrected chi connectivity index (χ4v) is 2.49. The van der Waals surface area contributed by atoms with Gasteiger partial charge in [0.25, 0.3) is 5.91 Å². The molecule has 7 heteroatoms. The largest absolute Gasteiger partial charge is 0.484 e. The Hall–Kier alpha value is -4.00. The predicted octanol–water partition coefficient (Wildman–Crippen LogP) is 3.78. The van der Waals surface area contributed by atoms with E-state index in [4.69, 9.17) is 4.74 Å². The zero-order valence-electron chi connectivity index (χ0n) is 15.2. The molecule has 6 nitrogen and oxygen atoms in total. The lowest BCUT2D eigenvalue weighted by Crippen LogP contribution is -2.37. The average molecular weight is 392 g/mol. The molecular formula is C22H17FN2O4. The average Bonchev–Trinajstić information content (AvgIpc) is 2.74. The molecule has 0 heterocycles. The summed E-state index contributed by atoms with van der Waals surface area (Å²) in [6, 6.07) is 19.9. The highest BCUT2D eigenvalue weighted by molar-refractivity contribution is 6.09. The predicted molar refractivity (Wildman–Crippen MR) is 105 cm³/mol. The van der Waals surface area contributed by atoms with Crippen LogP contribution in [-0.2, 0) is 4.79 Å². The Morgan fingerprint density at radius 2 is 1.41 bits per heavy atom. The lowest BCUT2D eigenvalue weighted by atomic mass is 10.0. The number of amides is 3. The molecule has 3 aromatic rings. The van der Waals surface area contributed by atoms with Crippen molar-refractivity contribution in [2.75, 3.05) is 11.9 Å². The first-order valence-corrected chi connectivity index (χ1v) is 8.71. The highest BCUT2D eigenvalue weighted by Gasteiger charge is 2.12. The molecular weight excluding hydrogens is 375 g/mol. The molecule has 0 aliphatic heterocycles. The van der Waals surface area contributed by atoms with Crippen molar-refractivity contribution in [2.24, 2.45) is 0 Å². The number of benzene rings is 3. The highest BCUT2D eigenvalue weighted by Crippen LogP contribution is 2.15. The van der Waals surface area contributed by atoms with Gasteiger partial charge in [-0.25, -0.2) is 9.18 Å². The maximum atomic E-state index is 13.5. The van der Waals surface area contributed by atoms with Crippen molar-refractivity contribution in [1.29, 1.82) is 0 Å². The fraction of sp³-hybridized carbons (Fsp3) is 0.0455. The van der Waals surface area contributed by atoms with Crippen molar-refractivity contribution in [3.05, 3.63) is 95.8 Å². The van der Waals surface area contributed by atoms with E-state index in [1.807, 2.05) is 11.4 Å². The Bertz CT molecular complexity index is 1020. The number of anilines is 1. The standard InChI is InChI=1S/C22H17FN2O4/c23-18-8-4-5-9-19(18)24-22(28)25-20(26)14-29-17-12-10-16(11-13-17)21(27)15-6-2-1-3-7-15/h1-13H,14H2,(H2,24,25,26,28). The molecule has 0 radical (unpaired) electrons. The second-order valence-corrected chi connectivity index (χ2v) is 5.99. The van der Waals surface area contributed by atoms with Crippen molar-refractivity contribution in [1.82, 2.24) is 5.32 Å². The molecule has 3 aromatic carbocycles. The molecule has 0 unspecified atom stereocenters. The second-order valence-electron chi connectivity index (χ2n) is 5.99. The third-order valence-electron chi connectivity index (χ3n) is 3.90. The van der Waals surface area contributed by atoms with E-state index < -0.39 is 24.4 Å². The third kappa shape index (κ3) is 5.49. The van der Waals surface area contributed by atoms with Crippen LogP contribution >= 0.6 is 0 Å². The Balaban J connectivity index is 1.49. The van der Waals surface area contributed by atoms with Crippen LogP contribution in [0.5, 0.6) is 5.75 Å². The van der Waals surface area contributed by atoms with Crippen molar-refractivity contribution in [3.8, 4) is 5.75 Å². The van der Waals surface area contributed by atoms with Crippen molar-refractivity contribution < 1.29 is 23.5 Å². The number of urea groups is 1. The molecule has 0 aromatic heterocycles. The number of ether oxygens (including phenoxy) is 1. The summed E-state index contributed by atoms with van der Waals surface area (Å²) in [7, 11) is 0. The zero-order chi connectivity index (χ0) is 20.6. The number of carbonyl (C=O) groups excluding carboxylic acids is 3. The minimum absolute atomic E-state index is 0.0441. The normalized spacial score (nSPS) is 10.1. The number of ketones is 1. The van der Waals surface area contributed by atoms with E-state index in [2.05, 4.69) is 5.32 Å². The van der Waals surface area contributed by atoms with E-state index in [9.17, 15) is 18.8 Å². The van der Waals surface area contributed by atoms with Gasteiger partial charge < -0.3 is 10.1 Å². The lowest BCUT2D eigenvalue weighted by molar-refractivity contribution is -0.121. The number of rotatable bonds is 6. The van der Waals surface area contributed by atoms with E-state index in [1.54, 1.807) is 54.6 Å². The number of carbonyl (C=O) groups is 3. The van der Waals surface area contributed by atoms with Crippen LogP contribution in [0.15, 0.2) is 78.9 Å². The maximum Gasteiger partial charge on any atom is 0.326 e. The minimum atomic E-state index is -0.868. The summed E-state index contributed by atoms with van der Waals surface area (Å²) in [6.07, 6.45) is 0. The van der Waals surface area contributed by atoms with Crippen molar-refractivity contribution in [3.63, 3.8) is 0 Å². The number of hydrogen-bond donors (Lipinski definition) is 2. The summed E-state index contributed by atoms with van der Waals surface area (Å²) in [4.78, 5) is 35.9. The van der Waals surface area contributed by atoms with E-state index in [-0.39, 0.29) is 11.5 Å². The molecule has 2 N–H and O–H groups in total. The quantitative estimate of drug-likeness (QED) is 0.625. The number of halogens is 1. The van der Waals surface area contributed by atoms with Gasteiger partial charge in [0.1, 0.15) is 11.6 Å². The molecule has 29 heavy (non-hydrogen) atoms. The molecule has 3 amide bonds. The van der Waals surface area contributed by atoms with Crippen LogP contribution < -0.4 is 15.4 Å². The molecule has 0 saturated carbocycles. The van der Waals surface area contributed by atoms with Gasteiger partial charge in [-0.15, -0.1) is 0 Å². The number of nitrogens with one attached hydrogen (secondary N) is 2. The van der Waals surface area contributed by atoms with Gasteiger partial charge in [0.15, 0.2) is 12.4 Å². The first-order valence-electron chi connectivity index (χ1n) is 8.71. The van der Waals surface area contributed by atoms with E-state index >= 15 is 0 Å². The van der Waals surface area contributed by atoms with E-state index in [0.717, 1.165) is 0 Å². The van der Waals surface area contributed by atoms with Crippen LogP contribution in [-0.4, -0.2) is 24.3 Å². The van der Waals surface area contributed by atoms with Crippen LogP contribution in [0.4, 0.5) is 14.9 Å². The van der Waals surface area contributed by atoms with Crippen LogP contribution in [0, 0.1) is 5.82 Å². The summed E-state index contributed by atoms with van der Waals surface area (Å²) < 4.78 is 18.8. The SMILES string of the molecule is O=C(COc1ccc(C(=O)c2ccccc2)cc1)NC(=O)Nc1ccccc1F. The van der Waals surface area contributed by atoms with Crippen LogP contribution in [0.3, 0.4) is 0 Å². The summed E-state index contributed by atoms with van der Waals surface area (Å²) >= 11 is 0. The molecule has 146 valence electrons. The second kappa shape index (κ2) is 9.27. The molecule has 0 aliphatic carbocycles. The number of para-hydroxylation sites is 1. The lowest BCUT2D eigenvalue weighted by Gasteiger charge is -2.09. The van der Waals surface area contributed by atoms with Crippen LogP contribution in [0.2, 0.25) is 0 Å². The Morgan fingerprint density at radius 3 is 2.10 bits per heavy atom. The van der Waals surface area contributed by atoms with Gasteiger partial charge in [0, 0.05) is 11.1 Å². The van der Waals surface area contributed by atoms with Gasteiger partial charge >= 0.3 is 6.03 Å². The van der Waals surface area contributed by atoms with Crippen molar-refractivity contribution in [2.45, 2.75) is 0 Å². The van der Waals surface area contributed by atoms with Gasteiger partial charge in [0.2, 0.25) is 0 Å². The summed E-state index contributed by atoms with van der Waals surface area (Å²) in [5.74, 6) is -1.08. The minimum Gasteiger partial charge on any atom is -0.484 e. The number of hydrogen-bond acceptors (Lipinski definition) is 4. The molecule has 0 bridgehead atoms. The van der Waals surface area contributed by atoms with E-state index in [0.29, 0.717) is 16.9 Å². The summed E-state index contributed by atoms with van der Waals surface area (Å²) in [5, 5.41) is 4.28. The smallest absolute Gasteiger partial charge is 0.326 e. The molecule has 0 aliphatic rings. The van der Waals surface area contributed by atoms with Gasteiger partial charge in [-0.1, -0.05) is 42.5 Å². The summed E-state index contributed by atoms with van der Waals surface area (Å²) in [6.45, 7) is -0.420. The molecule has 0 spiro atoms. The Morgan fingerprint density at radius 1 is 0.793 bits per heavy atom. The van der Waals surface area contributed by atoms with E-state index in [1.165, 1.54) is 18.2 Å². The topological polar surface area (TPSA) is 84.5 Å². The Labute approximate surface area is 166 Å². The first-order chi connectivity index (χ1) is 14.0. The highest BCUT2D eigenvalue weighted by atomic mass is 19.1. The first kappa shape index (κ1) is 19.8. The molecule has 0 saturated heterocycles. The third-order valence-corrected chi connectivity index (χ3v) is 3.90. The zero-order valence-corrected chi connectivity index (χ0v) is 15.2. The van der Waals surface area contributed by atoms with Gasteiger partial charge in [-0.05, 0) is 36.4 Å². The molecule has 0 atom stereocenters. The van der Waals surface area contributed by atoms with Crippen LogP contribution in [0.25, 0.3) is 0 Å². The van der Waals surface area contributed by atoms with Gasteiger partial charge in [0.05, 0.1) is 5.69 Å². The molecule has 3 rings (SSSR count). The van der Waals surface area contributed by atoms with Gasteiger partial charge in [-0.2, -0.15) is 0 Å². The fourth-order valence-electron chi connectivity index (χ4n) is 2.49.